The Balaban J connectivity index is 0.000000187. The van der Waals surface area contributed by atoms with Crippen molar-refractivity contribution in [2.24, 2.45) is 10.8 Å². The Morgan fingerprint density at radius 1 is 0.630 bits per heavy atom. The fraction of sp³-hybridized carbons (Fsp3) is 0.245. The van der Waals surface area contributed by atoms with E-state index in [1.807, 2.05) is 61.9 Å². The first kappa shape index (κ1) is 38.8. The van der Waals surface area contributed by atoms with Gasteiger partial charge in [0.15, 0.2) is 0 Å². The van der Waals surface area contributed by atoms with E-state index in [1.54, 1.807) is 0 Å². The van der Waals surface area contributed by atoms with Crippen LogP contribution in [0.3, 0.4) is 0 Å². The van der Waals surface area contributed by atoms with E-state index in [9.17, 15) is 0 Å². The SMILES string of the molecule is CC(C)(C)Cc1ccc(-c2ccnc(-c3[c-]cccc3)c2)cc1.Cc1cnc(-c2[c-]ccc3c2oc2c3ccc3ccnc(C)c32)cc1CC(C)(C)C.[Ir]. The molecule has 0 amide bonds. The number of hydrogen-bond acceptors (Lipinski definition) is 4. The van der Waals surface area contributed by atoms with Gasteiger partial charge in [0.1, 0.15) is 5.58 Å². The standard InChI is InChI=1S/C27H25N2O.C22H22N.Ir/c1-16-15-29-23(13-19(16)14-27(3,4)5)22-8-6-7-20-21-10-9-18-11-12-28-17(2)24(18)26(21)30-25(20)22;1-22(2,3)16-17-9-11-18(12-10-17)20-13-14-23-21(15-20)19-7-5-4-6-8-19;/h6-7,9-13,15H,14H2,1-5H3;4-7,9-15H,16H2,1-3H3;/q2*-1;. The molecule has 0 atom stereocenters. The van der Waals surface area contributed by atoms with E-state index >= 15 is 0 Å². The summed E-state index contributed by atoms with van der Waals surface area (Å²) in [5, 5.41) is 4.40. The average Bonchev–Trinajstić information content (AvgIpc) is 3.52. The van der Waals surface area contributed by atoms with Gasteiger partial charge in [-0.05, 0) is 88.7 Å². The van der Waals surface area contributed by atoms with Gasteiger partial charge in [-0.2, -0.15) is 0 Å². The van der Waals surface area contributed by atoms with E-state index in [1.165, 1.54) is 27.8 Å². The summed E-state index contributed by atoms with van der Waals surface area (Å²) in [6.07, 6.45) is 7.77. The van der Waals surface area contributed by atoms with Crippen LogP contribution >= 0.6 is 0 Å². The van der Waals surface area contributed by atoms with Crippen molar-refractivity contribution in [1.29, 1.82) is 0 Å². The third kappa shape index (κ3) is 8.70. The summed E-state index contributed by atoms with van der Waals surface area (Å²) >= 11 is 0. The second-order valence-electron chi connectivity index (χ2n) is 16.5. The van der Waals surface area contributed by atoms with Gasteiger partial charge in [0.2, 0.25) is 0 Å². The third-order valence-electron chi connectivity index (χ3n) is 9.48. The summed E-state index contributed by atoms with van der Waals surface area (Å²) < 4.78 is 6.49. The monoisotopic (exact) mass is 886 g/mol. The molecule has 1 radical (unpaired) electrons. The van der Waals surface area contributed by atoms with Crippen molar-refractivity contribution in [1.82, 2.24) is 15.0 Å². The molecule has 8 rings (SSSR count). The predicted molar refractivity (Wildman–Crippen MR) is 221 cm³/mol. The molecule has 0 aliphatic rings. The Morgan fingerprint density at radius 3 is 2.09 bits per heavy atom. The minimum atomic E-state index is 0. The number of benzene rings is 4. The van der Waals surface area contributed by atoms with Gasteiger partial charge in [-0.25, -0.2) is 0 Å². The Morgan fingerprint density at radius 2 is 1.37 bits per heavy atom. The maximum Gasteiger partial charge on any atom is 0.130 e. The Kier molecular flexibility index (Phi) is 11.3. The van der Waals surface area contributed by atoms with Gasteiger partial charge in [0.25, 0.3) is 0 Å². The Hall–Kier alpha value is -4.96. The van der Waals surface area contributed by atoms with Gasteiger partial charge in [0, 0.05) is 55.2 Å². The molecule has 0 fully saturated rings. The fourth-order valence-electron chi connectivity index (χ4n) is 7.02. The quantitative estimate of drug-likeness (QED) is 0.162. The van der Waals surface area contributed by atoms with Crippen LogP contribution in [0.15, 0.2) is 120 Å². The largest absolute Gasteiger partial charge is 0.500 e. The second-order valence-corrected chi connectivity index (χ2v) is 16.5. The molecule has 5 heteroatoms. The number of rotatable bonds is 5. The van der Waals surface area contributed by atoms with Gasteiger partial charge in [0.05, 0.1) is 5.58 Å². The number of pyridine rings is 3. The van der Waals surface area contributed by atoms with Crippen LogP contribution in [0.5, 0.6) is 0 Å². The summed E-state index contributed by atoms with van der Waals surface area (Å²) in [7, 11) is 0. The molecular formula is C49H47IrN3O-2. The van der Waals surface area contributed by atoms with Crippen molar-refractivity contribution in [3.63, 3.8) is 0 Å². The van der Waals surface area contributed by atoms with Gasteiger partial charge in [-0.3, -0.25) is 4.98 Å². The predicted octanol–water partition coefficient (Wildman–Crippen LogP) is 13.0. The first-order valence-electron chi connectivity index (χ1n) is 18.4. The Bertz CT molecular complexity index is 2540. The van der Waals surface area contributed by atoms with Crippen LogP contribution in [-0.2, 0) is 32.9 Å². The van der Waals surface area contributed by atoms with E-state index in [2.05, 4.69) is 131 Å². The van der Waals surface area contributed by atoms with E-state index in [0.29, 0.717) is 5.41 Å². The molecule has 8 aromatic rings. The summed E-state index contributed by atoms with van der Waals surface area (Å²) in [6, 6.07) is 40.2. The molecule has 4 aromatic carbocycles. The molecule has 0 N–H and O–H groups in total. The molecule has 0 spiro atoms. The van der Waals surface area contributed by atoms with Crippen LogP contribution in [0.4, 0.5) is 0 Å². The minimum Gasteiger partial charge on any atom is -0.500 e. The molecule has 0 bridgehead atoms. The Labute approximate surface area is 333 Å². The fourth-order valence-corrected chi connectivity index (χ4v) is 7.02. The van der Waals surface area contributed by atoms with Crippen LogP contribution in [0.2, 0.25) is 0 Å². The zero-order valence-corrected chi connectivity index (χ0v) is 34.9. The molecule has 4 nitrogen and oxygen atoms in total. The molecule has 0 unspecified atom stereocenters. The topological polar surface area (TPSA) is 51.8 Å². The summed E-state index contributed by atoms with van der Waals surface area (Å²) in [5.41, 5.74) is 13.4. The van der Waals surface area contributed by atoms with Crippen LogP contribution < -0.4 is 0 Å². The zero-order valence-electron chi connectivity index (χ0n) is 32.5. The molecule has 0 aliphatic heterocycles. The van der Waals surface area contributed by atoms with E-state index in [0.717, 1.165) is 73.8 Å². The molecule has 4 aromatic heterocycles. The van der Waals surface area contributed by atoms with Crippen molar-refractivity contribution >= 4 is 32.7 Å². The summed E-state index contributed by atoms with van der Waals surface area (Å²) in [6.45, 7) is 17.8. The van der Waals surface area contributed by atoms with Gasteiger partial charge in [-0.15, -0.1) is 54.1 Å². The summed E-state index contributed by atoms with van der Waals surface area (Å²) in [5.74, 6) is 0. The second kappa shape index (κ2) is 15.8. The van der Waals surface area contributed by atoms with Crippen molar-refractivity contribution in [3.05, 3.63) is 150 Å². The molecule has 275 valence electrons. The molecule has 54 heavy (non-hydrogen) atoms. The van der Waals surface area contributed by atoms with Crippen molar-refractivity contribution in [2.45, 2.75) is 68.2 Å². The van der Waals surface area contributed by atoms with Gasteiger partial charge < -0.3 is 14.4 Å². The average molecular weight is 886 g/mol. The van der Waals surface area contributed by atoms with Gasteiger partial charge >= 0.3 is 0 Å². The number of fused-ring (bicyclic) bond motifs is 5. The molecular weight excluding hydrogens is 839 g/mol. The van der Waals surface area contributed by atoms with E-state index in [-0.39, 0.29) is 25.5 Å². The summed E-state index contributed by atoms with van der Waals surface area (Å²) in [4.78, 5) is 13.7. The normalized spacial score (nSPS) is 11.7. The maximum absolute atomic E-state index is 6.49. The third-order valence-corrected chi connectivity index (χ3v) is 9.48. The number of nitrogens with zero attached hydrogens (tertiary/aromatic N) is 3. The number of aromatic nitrogens is 3. The molecule has 4 heterocycles. The smallest absolute Gasteiger partial charge is 0.130 e. The van der Waals surface area contributed by atoms with Crippen LogP contribution in [0.25, 0.3) is 66.4 Å². The van der Waals surface area contributed by atoms with Crippen molar-refractivity contribution in [3.8, 4) is 33.6 Å². The van der Waals surface area contributed by atoms with Crippen molar-refractivity contribution in [2.75, 3.05) is 0 Å². The number of furan rings is 1. The van der Waals surface area contributed by atoms with E-state index in [4.69, 9.17) is 9.40 Å². The number of hydrogen-bond donors (Lipinski definition) is 0. The van der Waals surface area contributed by atoms with Crippen LogP contribution in [0, 0.1) is 36.8 Å². The van der Waals surface area contributed by atoms with Crippen molar-refractivity contribution < 1.29 is 24.5 Å². The molecule has 0 aliphatic carbocycles. The molecule has 0 saturated carbocycles. The number of aryl methyl sites for hydroxylation is 2. The van der Waals surface area contributed by atoms with Crippen LogP contribution in [0.1, 0.15) is 63.9 Å². The first-order valence-corrected chi connectivity index (χ1v) is 18.4. The maximum atomic E-state index is 6.49. The van der Waals surface area contributed by atoms with Gasteiger partial charge in [-0.1, -0.05) is 107 Å². The van der Waals surface area contributed by atoms with Crippen LogP contribution in [-0.4, -0.2) is 15.0 Å². The molecule has 0 saturated heterocycles. The zero-order chi connectivity index (χ0) is 37.3. The minimum absolute atomic E-state index is 0. The van der Waals surface area contributed by atoms with E-state index < -0.39 is 0 Å². The first-order chi connectivity index (χ1) is 25.3.